The van der Waals surface area contributed by atoms with Crippen molar-refractivity contribution in [2.45, 2.75) is 19.5 Å². The lowest BCUT2D eigenvalue weighted by Gasteiger charge is -2.32. The molecule has 1 aliphatic heterocycles. The van der Waals surface area contributed by atoms with Crippen LogP contribution in [0, 0.1) is 10.6 Å². The molecule has 0 spiro atoms. The Labute approximate surface area is 161 Å². The van der Waals surface area contributed by atoms with E-state index in [1.54, 1.807) is 16.7 Å². The number of rotatable bonds is 3. The molecule has 2 heterocycles. The number of hydrogen-bond acceptors (Lipinski definition) is 3. The van der Waals surface area contributed by atoms with E-state index < -0.39 is 0 Å². The Morgan fingerprint density at radius 1 is 1.15 bits per heavy atom. The van der Waals surface area contributed by atoms with Crippen molar-refractivity contribution >= 4 is 18.0 Å². The first kappa shape index (κ1) is 17.6. The van der Waals surface area contributed by atoms with Gasteiger partial charge in [-0.05, 0) is 43.4 Å². The molecule has 0 saturated carbocycles. The number of H-pyrrole nitrogens is 1. The van der Waals surface area contributed by atoms with E-state index in [2.05, 4.69) is 29.4 Å². The summed E-state index contributed by atoms with van der Waals surface area (Å²) in [7, 11) is 0. The largest absolute Gasteiger partial charge is 0.324 e. The van der Waals surface area contributed by atoms with Gasteiger partial charge in [-0.3, -0.25) is 14.3 Å². The molecule has 0 bridgehead atoms. The summed E-state index contributed by atoms with van der Waals surface area (Å²) in [4.78, 5) is 16.6. The summed E-state index contributed by atoms with van der Waals surface area (Å²) in [6.07, 6.45) is 0. The van der Waals surface area contributed by atoms with Gasteiger partial charge < -0.3 is 10.2 Å². The van der Waals surface area contributed by atoms with Gasteiger partial charge in [-0.15, -0.1) is 0 Å². The van der Waals surface area contributed by atoms with Gasteiger partial charge in [-0.25, -0.2) is 4.39 Å². The fraction of sp³-hybridized carbons (Fsp3) is 0.200. The number of anilines is 1. The van der Waals surface area contributed by atoms with Crippen LogP contribution < -0.4 is 15.8 Å². The molecule has 0 aliphatic carbocycles. The zero-order valence-corrected chi connectivity index (χ0v) is 15.6. The summed E-state index contributed by atoms with van der Waals surface area (Å²) < 4.78 is 15.3. The average molecular weight is 383 g/mol. The highest BCUT2D eigenvalue weighted by Crippen LogP contribution is 2.20. The van der Waals surface area contributed by atoms with Crippen molar-refractivity contribution in [3.05, 3.63) is 86.7 Å². The van der Waals surface area contributed by atoms with Crippen LogP contribution in [0.5, 0.6) is 0 Å². The summed E-state index contributed by atoms with van der Waals surface area (Å²) in [5.74, 6) is 0.364. The van der Waals surface area contributed by atoms with Gasteiger partial charge in [0, 0.05) is 11.3 Å². The second-order valence-corrected chi connectivity index (χ2v) is 7.11. The van der Waals surface area contributed by atoms with Gasteiger partial charge in [0.2, 0.25) is 0 Å². The van der Waals surface area contributed by atoms with Gasteiger partial charge >= 0.3 is 0 Å². The van der Waals surface area contributed by atoms with E-state index >= 15 is 0 Å². The minimum atomic E-state index is -0.316. The first-order valence-electron chi connectivity index (χ1n) is 8.82. The van der Waals surface area contributed by atoms with E-state index in [1.165, 1.54) is 22.6 Å². The van der Waals surface area contributed by atoms with Crippen LogP contribution in [-0.4, -0.2) is 16.2 Å². The number of fused-ring (bicyclic) bond motifs is 1. The van der Waals surface area contributed by atoms with Crippen LogP contribution in [0.2, 0.25) is 0 Å². The third kappa shape index (κ3) is 3.31. The van der Waals surface area contributed by atoms with Gasteiger partial charge in [0.25, 0.3) is 5.56 Å². The third-order valence-corrected chi connectivity index (χ3v) is 5.38. The number of nitrogens with one attached hydrogen (secondary N) is 3. The number of aromatic amines is 1. The van der Waals surface area contributed by atoms with Crippen LogP contribution in [0.15, 0.2) is 59.4 Å². The van der Waals surface area contributed by atoms with Crippen molar-refractivity contribution in [3.63, 3.8) is 0 Å². The van der Waals surface area contributed by atoms with Crippen molar-refractivity contribution in [1.82, 2.24) is 9.55 Å². The van der Waals surface area contributed by atoms with Crippen molar-refractivity contribution < 1.29 is 9.29 Å². The Hall–Kier alpha value is -2.77. The van der Waals surface area contributed by atoms with E-state index in [-0.39, 0.29) is 22.2 Å². The predicted octanol–water partition coefficient (Wildman–Crippen LogP) is 2.56. The maximum atomic E-state index is 13.3. The number of quaternary nitrogens is 1. The molecule has 4 rings (SSSR count). The van der Waals surface area contributed by atoms with Crippen LogP contribution in [0.3, 0.4) is 0 Å². The van der Waals surface area contributed by atoms with Crippen LogP contribution in [-0.2, 0) is 6.54 Å². The fourth-order valence-corrected chi connectivity index (χ4v) is 3.82. The molecule has 1 aromatic heterocycles. The highest BCUT2D eigenvalue weighted by Gasteiger charge is 2.29. The Bertz CT molecular complexity index is 1080. The smallest absolute Gasteiger partial charge is 0.262 e. The number of halogens is 1. The van der Waals surface area contributed by atoms with Gasteiger partial charge in [0.1, 0.15) is 29.8 Å². The number of hydrogen-bond donors (Lipinski definition) is 3. The molecule has 0 fully saturated rings. The molecule has 5 nitrogen and oxygen atoms in total. The Morgan fingerprint density at radius 2 is 1.85 bits per heavy atom. The van der Waals surface area contributed by atoms with Crippen molar-refractivity contribution in [3.8, 4) is 5.69 Å². The second kappa shape index (κ2) is 7.09. The lowest BCUT2D eigenvalue weighted by Crippen LogP contribution is -3.12. The van der Waals surface area contributed by atoms with E-state index in [1.807, 2.05) is 18.2 Å². The fourth-order valence-electron chi connectivity index (χ4n) is 3.53. The van der Waals surface area contributed by atoms with Crippen molar-refractivity contribution in [2.24, 2.45) is 0 Å². The molecule has 27 heavy (non-hydrogen) atoms. The van der Waals surface area contributed by atoms with Crippen molar-refractivity contribution in [1.29, 1.82) is 0 Å². The molecule has 3 aromatic rings. The first-order valence-corrected chi connectivity index (χ1v) is 9.23. The molecular weight excluding hydrogens is 363 g/mol. The summed E-state index contributed by atoms with van der Waals surface area (Å²) in [5, 5.41) is 3.37. The van der Waals surface area contributed by atoms with Crippen molar-refractivity contribution in [2.75, 3.05) is 12.0 Å². The maximum Gasteiger partial charge on any atom is 0.262 e. The van der Waals surface area contributed by atoms with Gasteiger partial charge in [-0.2, -0.15) is 0 Å². The number of aromatic nitrogens is 2. The normalized spacial score (nSPS) is 17.0. The molecule has 138 valence electrons. The molecule has 2 aromatic carbocycles. The molecule has 7 heteroatoms. The quantitative estimate of drug-likeness (QED) is 0.610. The van der Waals surface area contributed by atoms with E-state index in [0.717, 1.165) is 0 Å². The lowest BCUT2D eigenvalue weighted by atomic mass is 10.1. The molecule has 0 amide bonds. The van der Waals surface area contributed by atoms with Gasteiger partial charge in [-0.1, -0.05) is 30.3 Å². The second-order valence-electron chi connectivity index (χ2n) is 6.72. The van der Waals surface area contributed by atoms with Crippen LogP contribution in [0.25, 0.3) is 5.69 Å². The SMILES string of the molecule is C[C@H](c1ccccc1)[NH+]1CNc2c(c(=O)[nH]c(=S)n2-c2ccc(F)cc2)C1. The predicted molar refractivity (Wildman–Crippen MR) is 105 cm³/mol. The molecule has 0 radical (unpaired) electrons. The zero-order valence-electron chi connectivity index (χ0n) is 14.8. The van der Waals surface area contributed by atoms with Crippen LogP contribution in [0.1, 0.15) is 24.1 Å². The molecule has 1 unspecified atom stereocenters. The highest BCUT2D eigenvalue weighted by molar-refractivity contribution is 7.71. The summed E-state index contributed by atoms with van der Waals surface area (Å²) >= 11 is 5.36. The lowest BCUT2D eigenvalue weighted by molar-refractivity contribution is -0.941. The number of benzene rings is 2. The number of nitrogens with zero attached hydrogens (tertiary/aromatic N) is 1. The topological polar surface area (TPSA) is 54.3 Å². The maximum absolute atomic E-state index is 13.3. The molecular formula is C20H20FN4OS+. The standard InChI is InChI=1S/C20H19FN4OS/c1-13(14-5-3-2-4-6-14)24-11-17-18(22-12-24)25(20(27)23-19(17)26)16-9-7-15(21)8-10-16/h2-10,13,22H,11-12H2,1H3,(H,23,26,27)/p+1/t13-/m1/s1. The van der Waals surface area contributed by atoms with Crippen LogP contribution >= 0.6 is 12.2 Å². The Kier molecular flexibility index (Phi) is 4.63. The van der Waals surface area contributed by atoms with Gasteiger partial charge in [0.15, 0.2) is 11.4 Å². The molecule has 3 N–H and O–H groups in total. The van der Waals surface area contributed by atoms with Crippen LogP contribution in [0.4, 0.5) is 10.2 Å². The third-order valence-electron chi connectivity index (χ3n) is 5.09. The van der Waals surface area contributed by atoms with E-state index in [4.69, 9.17) is 12.2 Å². The molecule has 1 aliphatic rings. The first-order chi connectivity index (χ1) is 13.0. The average Bonchev–Trinajstić information content (AvgIpc) is 2.69. The Balaban J connectivity index is 1.74. The zero-order chi connectivity index (χ0) is 19.0. The van der Waals surface area contributed by atoms with E-state index in [9.17, 15) is 9.18 Å². The highest BCUT2D eigenvalue weighted by atomic mass is 32.1. The summed E-state index contributed by atoms with van der Waals surface area (Å²) in [6.45, 7) is 3.38. The monoisotopic (exact) mass is 383 g/mol. The van der Waals surface area contributed by atoms with Gasteiger partial charge in [0.05, 0.1) is 0 Å². The molecule has 2 atom stereocenters. The van der Waals surface area contributed by atoms with E-state index in [0.29, 0.717) is 30.3 Å². The molecule has 0 saturated heterocycles. The summed E-state index contributed by atoms with van der Waals surface area (Å²) in [6, 6.07) is 16.5. The minimum Gasteiger partial charge on any atom is -0.324 e. The Morgan fingerprint density at radius 3 is 2.56 bits per heavy atom. The summed E-state index contributed by atoms with van der Waals surface area (Å²) in [5.41, 5.74) is 2.40. The minimum absolute atomic E-state index is 0.182.